The van der Waals surface area contributed by atoms with Crippen LogP contribution >= 0.6 is 0 Å². The van der Waals surface area contributed by atoms with Gasteiger partial charge in [-0.05, 0) is 36.6 Å². The summed E-state index contributed by atoms with van der Waals surface area (Å²) in [6, 6.07) is 14.1. The third-order valence-electron chi connectivity index (χ3n) is 6.06. The van der Waals surface area contributed by atoms with Crippen molar-refractivity contribution in [2.24, 2.45) is 0 Å². The Morgan fingerprint density at radius 2 is 1.91 bits per heavy atom. The lowest BCUT2D eigenvalue weighted by Gasteiger charge is -2.42. The first-order chi connectivity index (χ1) is 16.2. The standard InChI is InChI=1S/C24H29N3O6S/c1-27-20-10-9-18(13-23(28)25-14-16-6-4-3-5-7-16)33-22(20)15-32-21-11-8-17(26-34(2,30)31)12-19(21)24(27)29/h3-8,11-12,18,20,22,26H,9-10,13-15H2,1-2H3,(H,25,28)/t18-,20-,22+/m0/s1. The van der Waals surface area contributed by atoms with Gasteiger partial charge in [-0.15, -0.1) is 0 Å². The molecule has 0 unspecified atom stereocenters. The molecule has 2 aliphatic rings. The molecule has 4 rings (SSSR count). The molecule has 0 bridgehead atoms. The maximum Gasteiger partial charge on any atom is 0.257 e. The number of amides is 2. The van der Waals surface area contributed by atoms with Gasteiger partial charge in [0.2, 0.25) is 15.9 Å². The predicted molar refractivity (Wildman–Crippen MR) is 127 cm³/mol. The first kappa shape index (κ1) is 24.0. The minimum absolute atomic E-state index is 0.0836. The highest BCUT2D eigenvalue weighted by atomic mass is 32.2. The number of carbonyl (C=O) groups is 2. The molecule has 1 saturated heterocycles. The van der Waals surface area contributed by atoms with Gasteiger partial charge in [-0.1, -0.05) is 30.3 Å². The molecule has 3 atom stereocenters. The van der Waals surface area contributed by atoms with Crippen LogP contribution < -0.4 is 14.8 Å². The van der Waals surface area contributed by atoms with Crippen molar-refractivity contribution in [3.8, 4) is 5.75 Å². The SMILES string of the molecule is CN1C(=O)c2cc(NS(C)(=O)=O)ccc2OC[C@H]2O[C@H](CC(=O)NCc3ccccc3)CC[C@@H]21. The van der Waals surface area contributed by atoms with Crippen LogP contribution in [0.1, 0.15) is 35.2 Å². The highest BCUT2D eigenvalue weighted by Gasteiger charge is 2.39. The molecule has 0 aromatic heterocycles. The molecule has 1 fully saturated rings. The Balaban J connectivity index is 1.40. The molecule has 2 heterocycles. The van der Waals surface area contributed by atoms with E-state index in [1.807, 2.05) is 30.3 Å². The van der Waals surface area contributed by atoms with E-state index in [1.165, 1.54) is 6.07 Å². The molecule has 2 amide bonds. The van der Waals surface area contributed by atoms with Crippen molar-refractivity contribution < 1.29 is 27.5 Å². The highest BCUT2D eigenvalue weighted by Crippen LogP contribution is 2.32. The fourth-order valence-corrected chi connectivity index (χ4v) is 4.94. The van der Waals surface area contributed by atoms with E-state index in [2.05, 4.69) is 10.0 Å². The molecule has 0 radical (unpaired) electrons. The predicted octanol–water partition coefficient (Wildman–Crippen LogP) is 2.15. The van der Waals surface area contributed by atoms with Crippen LogP contribution in [0.15, 0.2) is 48.5 Å². The van der Waals surface area contributed by atoms with Crippen molar-refractivity contribution in [3.05, 3.63) is 59.7 Å². The fourth-order valence-electron chi connectivity index (χ4n) is 4.38. The number of nitrogens with zero attached hydrogens (tertiary/aromatic N) is 1. The zero-order valence-corrected chi connectivity index (χ0v) is 20.0. The van der Waals surface area contributed by atoms with Crippen molar-refractivity contribution in [1.82, 2.24) is 10.2 Å². The Labute approximate surface area is 199 Å². The Hall–Kier alpha value is -3.11. The summed E-state index contributed by atoms with van der Waals surface area (Å²) in [6.45, 7) is 0.683. The number of fused-ring (bicyclic) bond motifs is 2. The number of benzene rings is 2. The molecule has 2 N–H and O–H groups in total. The van der Waals surface area contributed by atoms with E-state index in [9.17, 15) is 18.0 Å². The second kappa shape index (κ2) is 10.0. The fraction of sp³-hybridized carbons (Fsp3) is 0.417. The molecule has 0 spiro atoms. The third-order valence-corrected chi connectivity index (χ3v) is 6.67. The summed E-state index contributed by atoms with van der Waals surface area (Å²) in [6.07, 6.45) is 1.96. The quantitative estimate of drug-likeness (QED) is 0.645. The van der Waals surface area contributed by atoms with Crippen LogP contribution in [0, 0.1) is 0 Å². The van der Waals surface area contributed by atoms with Gasteiger partial charge >= 0.3 is 0 Å². The number of anilines is 1. The second-order valence-corrected chi connectivity index (χ2v) is 10.5. The van der Waals surface area contributed by atoms with Gasteiger partial charge in [0.1, 0.15) is 18.5 Å². The van der Waals surface area contributed by atoms with Crippen LogP contribution in [0.3, 0.4) is 0 Å². The molecule has 2 aliphatic heterocycles. The summed E-state index contributed by atoms with van der Waals surface area (Å²) in [4.78, 5) is 27.3. The number of nitrogens with one attached hydrogen (secondary N) is 2. The van der Waals surface area contributed by atoms with Crippen molar-refractivity contribution in [2.75, 3.05) is 24.6 Å². The third kappa shape index (κ3) is 5.87. The van der Waals surface area contributed by atoms with Gasteiger partial charge in [0, 0.05) is 19.3 Å². The van der Waals surface area contributed by atoms with Crippen LogP contribution in [-0.4, -0.2) is 63.3 Å². The monoisotopic (exact) mass is 487 g/mol. The topological polar surface area (TPSA) is 114 Å². The van der Waals surface area contributed by atoms with Gasteiger partial charge in [0.25, 0.3) is 5.91 Å². The number of hydrogen-bond acceptors (Lipinski definition) is 6. The Morgan fingerprint density at radius 3 is 2.65 bits per heavy atom. The molecule has 0 aliphatic carbocycles. The molecule has 10 heteroatoms. The maximum absolute atomic E-state index is 13.2. The minimum atomic E-state index is -3.47. The summed E-state index contributed by atoms with van der Waals surface area (Å²) < 4.78 is 37.6. The van der Waals surface area contributed by atoms with E-state index in [1.54, 1.807) is 24.1 Å². The highest BCUT2D eigenvalue weighted by molar-refractivity contribution is 7.92. The zero-order valence-electron chi connectivity index (χ0n) is 19.2. The van der Waals surface area contributed by atoms with Crippen LogP contribution in [-0.2, 0) is 26.1 Å². The van der Waals surface area contributed by atoms with Gasteiger partial charge in [0.05, 0.1) is 30.4 Å². The van der Waals surface area contributed by atoms with Gasteiger partial charge in [-0.25, -0.2) is 8.42 Å². The van der Waals surface area contributed by atoms with Crippen molar-refractivity contribution in [1.29, 1.82) is 0 Å². The number of carbonyl (C=O) groups excluding carboxylic acids is 2. The summed E-state index contributed by atoms with van der Waals surface area (Å²) in [5.74, 6) is 0.00457. The molecule has 9 nitrogen and oxygen atoms in total. The van der Waals surface area contributed by atoms with Crippen molar-refractivity contribution in [2.45, 2.75) is 44.1 Å². The summed E-state index contributed by atoms with van der Waals surface area (Å²) >= 11 is 0. The van der Waals surface area contributed by atoms with E-state index >= 15 is 0 Å². The van der Waals surface area contributed by atoms with Crippen molar-refractivity contribution in [3.63, 3.8) is 0 Å². The van der Waals surface area contributed by atoms with E-state index in [4.69, 9.17) is 9.47 Å². The number of rotatable bonds is 6. The maximum atomic E-state index is 13.2. The first-order valence-electron chi connectivity index (χ1n) is 11.2. The summed E-state index contributed by atoms with van der Waals surface area (Å²) in [5.41, 5.74) is 1.62. The van der Waals surface area contributed by atoms with Crippen LogP contribution in [0.25, 0.3) is 0 Å². The Bertz CT molecular complexity index is 1150. The molecule has 0 saturated carbocycles. The van der Waals surface area contributed by atoms with Crippen LogP contribution in [0.5, 0.6) is 5.75 Å². The van der Waals surface area contributed by atoms with Gasteiger partial charge in [-0.2, -0.15) is 0 Å². The lowest BCUT2D eigenvalue weighted by Crippen LogP contribution is -2.53. The van der Waals surface area contributed by atoms with E-state index in [0.29, 0.717) is 30.8 Å². The zero-order chi connectivity index (χ0) is 24.3. The lowest BCUT2D eigenvalue weighted by molar-refractivity contribution is -0.134. The largest absolute Gasteiger partial charge is 0.490 e. The average molecular weight is 488 g/mol. The molecule has 2 aromatic rings. The molecular weight excluding hydrogens is 458 g/mol. The average Bonchev–Trinajstić information content (AvgIpc) is 2.80. The number of hydrogen-bond donors (Lipinski definition) is 2. The first-order valence-corrected chi connectivity index (χ1v) is 13.1. The number of sulfonamides is 1. The normalized spacial score (nSPS) is 22.5. The van der Waals surface area contributed by atoms with Crippen LogP contribution in [0.4, 0.5) is 5.69 Å². The van der Waals surface area contributed by atoms with Gasteiger partial charge < -0.3 is 19.7 Å². The van der Waals surface area contributed by atoms with E-state index < -0.39 is 10.0 Å². The number of ether oxygens (including phenoxy) is 2. The molecule has 34 heavy (non-hydrogen) atoms. The van der Waals surface area contributed by atoms with E-state index in [-0.39, 0.29) is 48.7 Å². The lowest BCUT2D eigenvalue weighted by atomic mass is 9.94. The van der Waals surface area contributed by atoms with Crippen LogP contribution in [0.2, 0.25) is 0 Å². The molecule has 2 aromatic carbocycles. The van der Waals surface area contributed by atoms with Crippen molar-refractivity contribution >= 4 is 27.5 Å². The second-order valence-electron chi connectivity index (χ2n) is 8.72. The smallest absolute Gasteiger partial charge is 0.257 e. The van der Waals surface area contributed by atoms with Gasteiger partial charge in [0.15, 0.2) is 0 Å². The Kier molecular flexibility index (Phi) is 7.08. The molecular formula is C24H29N3O6S. The summed E-state index contributed by atoms with van der Waals surface area (Å²) in [7, 11) is -1.76. The Morgan fingerprint density at radius 1 is 1.15 bits per heavy atom. The molecule has 182 valence electrons. The van der Waals surface area contributed by atoms with Gasteiger partial charge in [-0.3, -0.25) is 14.3 Å². The van der Waals surface area contributed by atoms with E-state index in [0.717, 1.165) is 11.8 Å². The number of likely N-dealkylation sites (N-methyl/N-ethyl adjacent to an activating group) is 1. The summed E-state index contributed by atoms with van der Waals surface area (Å²) in [5, 5.41) is 2.93. The minimum Gasteiger partial charge on any atom is -0.490 e.